The van der Waals surface area contributed by atoms with E-state index in [-0.39, 0.29) is 0 Å². The minimum atomic E-state index is -0.451. The first kappa shape index (κ1) is 20.1. The average Bonchev–Trinajstić information content (AvgIpc) is 2.83. The Morgan fingerprint density at radius 3 is 2.42 bits per heavy atom. The highest BCUT2D eigenvalue weighted by Gasteiger charge is 2.06. The summed E-state index contributed by atoms with van der Waals surface area (Å²) in [5.74, 6) is 0.908. The number of aromatic nitrogens is 2. The molecule has 0 atom stereocenters. The zero-order chi connectivity index (χ0) is 21.6. The Hall–Kier alpha value is -4.19. The fourth-order valence-corrected chi connectivity index (χ4v) is 3.25. The van der Waals surface area contributed by atoms with E-state index < -0.39 is 5.91 Å². The Labute approximate surface area is 180 Å². The van der Waals surface area contributed by atoms with Gasteiger partial charge in [-0.05, 0) is 53.1 Å². The van der Waals surface area contributed by atoms with Crippen molar-refractivity contribution in [3.05, 3.63) is 96.2 Å². The number of anilines is 1. The first-order valence-corrected chi connectivity index (χ1v) is 9.83. The van der Waals surface area contributed by atoms with Crippen LogP contribution in [-0.4, -0.2) is 23.0 Å². The van der Waals surface area contributed by atoms with Crippen LogP contribution < -0.4 is 15.8 Å². The van der Waals surface area contributed by atoms with Gasteiger partial charge in [-0.1, -0.05) is 42.5 Å². The fourth-order valence-electron chi connectivity index (χ4n) is 3.25. The molecule has 3 N–H and O–H groups in total. The van der Waals surface area contributed by atoms with Crippen LogP contribution in [0.4, 0.5) is 5.95 Å². The van der Waals surface area contributed by atoms with E-state index in [0.29, 0.717) is 18.1 Å². The second kappa shape index (κ2) is 9.09. The summed E-state index contributed by atoms with van der Waals surface area (Å²) in [6, 6.07) is 25.1. The molecule has 0 radical (unpaired) electrons. The summed E-state index contributed by atoms with van der Waals surface area (Å²) < 4.78 is 5.33. The largest absolute Gasteiger partial charge is 0.497 e. The number of rotatable bonds is 7. The number of benzene rings is 3. The zero-order valence-corrected chi connectivity index (χ0v) is 17.1. The molecule has 0 aliphatic rings. The molecule has 0 unspecified atom stereocenters. The summed E-state index contributed by atoms with van der Waals surface area (Å²) in [6.45, 7) is 0.585. The lowest BCUT2D eigenvalue weighted by molar-refractivity contribution is 0.100. The third kappa shape index (κ3) is 4.87. The predicted octanol–water partition coefficient (Wildman–Crippen LogP) is 4.53. The van der Waals surface area contributed by atoms with Gasteiger partial charge in [0.2, 0.25) is 11.9 Å². The highest BCUT2D eigenvalue weighted by molar-refractivity contribution is 5.93. The molecule has 0 saturated heterocycles. The maximum Gasteiger partial charge on any atom is 0.248 e. The summed E-state index contributed by atoms with van der Waals surface area (Å²) in [5, 5.41) is 3.28. The fraction of sp³-hybridized carbons (Fsp3) is 0.0800. The number of nitrogens with zero attached hydrogens (tertiary/aromatic N) is 2. The van der Waals surface area contributed by atoms with Gasteiger partial charge in [-0.2, -0.15) is 0 Å². The van der Waals surface area contributed by atoms with Crippen LogP contribution in [-0.2, 0) is 6.54 Å². The molecule has 0 spiro atoms. The maximum absolute atomic E-state index is 11.2. The highest BCUT2D eigenvalue weighted by atomic mass is 16.5. The standard InChI is InChI=1S/C25H22N4O2/c1-31-22-7-3-6-21(15-22)20-5-2-4-17(14-20)16-28-25-27-13-12-23(29-25)18-8-10-19(11-9-18)24(26)30/h2-15H,16H2,1H3,(H2,26,30)(H,27,28,29). The third-order valence-electron chi connectivity index (χ3n) is 4.90. The molecule has 31 heavy (non-hydrogen) atoms. The summed E-state index contributed by atoms with van der Waals surface area (Å²) >= 11 is 0. The third-order valence-corrected chi connectivity index (χ3v) is 4.90. The number of nitrogens with two attached hydrogens (primary N) is 1. The van der Waals surface area contributed by atoms with Crippen LogP contribution in [0.1, 0.15) is 15.9 Å². The van der Waals surface area contributed by atoms with Crippen molar-refractivity contribution in [2.75, 3.05) is 12.4 Å². The molecule has 6 nitrogen and oxygen atoms in total. The lowest BCUT2D eigenvalue weighted by Crippen LogP contribution is -2.10. The number of amides is 1. The van der Waals surface area contributed by atoms with Crippen molar-refractivity contribution in [1.29, 1.82) is 0 Å². The highest BCUT2D eigenvalue weighted by Crippen LogP contribution is 2.25. The summed E-state index contributed by atoms with van der Waals surface area (Å²) in [5.41, 5.74) is 10.7. The second-order valence-corrected chi connectivity index (χ2v) is 6.99. The van der Waals surface area contributed by atoms with Crippen molar-refractivity contribution in [3.8, 4) is 28.1 Å². The lowest BCUT2D eigenvalue weighted by Gasteiger charge is -2.09. The van der Waals surface area contributed by atoms with Crippen LogP contribution in [0.5, 0.6) is 5.75 Å². The first-order valence-electron chi connectivity index (χ1n) is 9.83. The van der Waals surface area contributed by atoms with E-state index in [9.17, 15) is 4.79 Å². The number of hydrogen-bond acceptors (Lipinski definition) is 5. The number of carbonyl (C=O) groups excluding carboxylic acids is 1. The van der Waals surface area contributed by atoms with Gasteiger partial charge in [0.15, 0.2) is 0 Å². The minimum absolute atomic E-state index is 0.451. The maximum atomic E-state index is 11.2. The van der Waals surface area contributed by atoms with Gasteiger partial charge in [0, 0.05) is 23.9 Å². The van der Waals surface area contributed by atoms with Crippen LogP contribution in [0.3, 0.4) is 0 Å². The van der Waals surface area contributed by atoms with E-state index in [0.717, 1.165) is 33.7 Å². The van der Waals surface area contributed by atoms with Gasteiger partial charge < -0.3 is 15.8 Å². The number of carbonyl (C=O) groups is 1. The normalized spacial score (nSPS) is 10.5. The van der Waals surface area contributed by atoms with E-state index in [1.807, 2.05) is 42.5 Å². The molecule has 4 aromatic rings. The number of nitrogens with one attached hydrogen (secondary N) is 1. The molecule has 1 aromatic heterocycles. The monoisotopic (exact) mass is 410 g/mol. The molecule has 3 aromatic carbocycles. The van der Waals surface area contributed by atoms with Crippen molar-refractivity contribution in [2.45, 2.75) is 6.54 Å². The quantitative estimate of drug-likeness (QED) is 0.467. The lowest BCUT2D eigenvalue weighted by atomic mass is 10.0. The molecule has 0 fully saturated rings. The van der Waals surface area contributed by atoms with Gasteiger partial charge in [-0.15, -0.1) is 0 Å². The Bertz CT molecular complexity index is 1210. The smallest absolute Gasteiger partial charge is 0.248 e. The Morgan fingerprint density at radius 2 is 1.68 bits per heavy atom. The van der Waals surface area contributed by atoms with Crippen LogP contribution in [0, 0.1) is 0 Å². The minimum Gasteiger partial charge on any atom is -0.497 e. The molecular formula is C25H22N4O2. The van der Waals surface area contributed by atoms with Crippen molar-refractivity contribution < 1.29 is 9.53 Å². The molecule has 154 valence electrons. The van der Waals surface area contributed by atoms with E-state index >= 15 is 0 Å². The van der Waals surface area contributed by atoms with Crippen molar-refractivity contribution in [2.24, 2.45) is 5.73 Å². The topological polar surface area (TPSA) is 90.1 Å². The molecular weight excluding hydrogens is 388 g/mol. The number of primary amides is 1. The van der Waals surface area contributed by atoms with Gasteiger partial charge in [0.25, 0.3) is 0 Å². The van der Waals surface area contributed by atoms with E-state index in [2.05, 4.69) is 39.6 Å². The summed E-state index contributed by atoms with van der Waals surface area (Å²) in [4.78, 5) is 20.1. The molecule has 0 aliphatic heterocycles. The zero-order valence-electron chi connectivity index (χ0n) is 17.1. The Balaban J connectivity index is 1.48. The predicted molar refractivity (Wildman–Crippen MR) is 122 cm³/mol. The van der Waals surface area contributed by atoms with Crippen LogP contribution >= 0.6 is 0 Å². The Morgan fingerprint density at radius 1 is 0.935 bits per heavy atom. The van der Waals surface area contributed by atoms with E-state index in [1.165, 1.54) is 0 Å². The SMILES string of the molecule is COc1cccc(-c2cccc(CNc3nccc(-c4ccc(C(N)=O)cc4)n3)c2)c1. The molecule has 1 amide bonds. The van der Waals surface area contributed by atoms with Gasteiger partial charge in [0.05, 0.1) is 12.8 Å². The van der Waals surface area contributed by atoms with Crippen LogP contribution in [0.25, 0.3) is 22.4 Å². The summed E-state index contributed by atoms with van der Waals surface area (Å²) in [7, 11) is 1.67. The molecule has 4 rings (SSSR count). The summed E-state index contributed by atoms with van der Waals surface area (Å²) in [6.07, 6.45) is 1.71. The van der Waals surface area contributed by atoms with Gasteiger partial charge in [-0.25, -0.2) is 9.97 Å². The van der Waals surface area contributed by atoms with Crippen LogP contribution in [0.2, 0.25) is 0 Å². The van der Waals surface area contributed by atoms with Crippen molar-refractivity contribution >= 4 is 11.9 Å². The number of ether oxygens (including phenoxy) is 1. The van der Waals surface area contributed by atoms with Crippen LogP contribution in [0.15, 0.2) is 85.1 Å². The molecule has 6 heteroatoms. The number of hydrogen-bond donors (Lipinski definition) is 2. The van der Waals surface area contributed by atoms with Gasteiger partial charge >= 0.3 is 0 Å². The molecule has 0 saturated carbocycles. The molecule has 0 bridgehead atoms. The van der Waals surface area contributed by atoms with E-state index in [1.54, 1.807) is 25.4 Å². The second-order valence-electron chi connectivity index (χ2n) is 6.99. The van der Waals surface area contributed by atoms with E-state index in [4.69, 9.17) is 10.5 Å². The van der Waals surface area contributed by atoms with Gasteiger partial charge in [-0.3, -0.25) is 4.79 Å². The van der Waals surface area contributed by atoms with Gasteiger partial charge in [0.1, 0.15) is 5.75 Å². The number of methoxy groups -OCH3 is 1. The average molecular weight is 410 g/mol. The molecule has 1 heterocycles. The first-order chi connectivity index (χ1) is 15.1. The van der Waals surface area contributed by atoms with Crippen molar-refractivity contribution in [1.82, 2.24) is 9.97 Å². The molecule has 0 aliphatic carbocycles. The van der Waals surface area contributed by atoms with Crippen molar-refractivity contribution in [3.63, 3.8) is 0 Å². The Kier molecular flexibility index (Phi) is 5.89.